The summed E-state index contributed by atoms with van der Waals surface area (Å²) in [5.41, 5.74) is 1.29. The molecule has 4 amide bonds. The highest BCUT2D eigenvalue weighted by molar-refractivity contribution is 6.04. The van der Waals surface area contributed by atoms with Crippen LogP contribution in [0, 0.1) is 5.92 Å². The van der Waals surface area contributed by atoms with E-state index in [2.05, 4.69) is 16.0 Å². The van der Waals surface area contributed by atoms with Crippen molar-refractivity contribution in [2.45, 2.75) is 18.9 Å². The first-order valence-electron chi connectivity index (χ1n) is 6.15. The third-order valence-electron chi connectivity index (χ3n) is 3.21. The smallest absolute Gasteiger partial charge is 0.322 e. The molecule has 0 radical (unpaired) electrons. The average molecular weight is 259 g/mol. The predicted octanol–water partition coefficient (Wildman–Crippen LogP) is 0.916. The van der Waals surface area contributed by atoms with Gasteiger partial charge in [0.1, 0.15) is 6.04 Å². The van der Waals surface area contributed by atoms with E-state index in [-0.39, 0.29) is 17.7 Å². The maximum absolute atomic E-state index is 11.7. The van der Waals surface area contributed by atoms with E-state index in [1.54, 1.807) is 24.3 Å². The summed E-state index contributed by atoms with van der Waals surface area (Å²) in [4.78, 5) is 34.3. The molecule has 1 aromatic carbocycles. The van der Waals surface area contributed by atoms with Crippen LogP contribution in [0.2, 0.25) is 0 Å². The van der Waals surface area contributed by atoms with Gasteiger partial charge in [0.15, 0.2) is 0 Å². The standard InChI is InChI=1S/C13H13N3O3/c17-11(7-4-5-7)14-9-3-1-2-8(6-9)10-12(18)16-13(19)15-10/h1-3,6-7,10H,4-5H2,(H,14,17)(H2,15,16,18,19). The van der Waals surface area contributed by atoms with Crippen LogP contribution >= 0.6 is 0 Å². The van der Waals surface area contributed by atoms with E-state index in [9.17, 15) is 14.4 Å². The third-order valence-corrected chi connectivity index (χ3v) is 3.21. The first kappa shape index (κ1) is 11.7. The molecule has 1 aromatic rings. The van der Waals surface area contributed by atoms with Crippen LogP contribution in [0.5, 0.6) is 0 Å². The Labute approximate surface area is 109 Å². The Hall–Kier alpha value is -2.37. The zero-order valence-electron chi connectivity index (χ0n) is 10.1. The molecule has 1 atom stereocenters. The Morgan fingerprint density at radius 3 is 2.68 bits per heavy atom. The van der Waals surface area contributed by atoms with E-state index >= 15 is 0 Å². The monoisotopic (exact) mass is 259 g/mol. The summed E-state index contributed by atoms with van der Waals surface area (Å²) in [5, 5.41) is 7.51. The van der Waals surface area contributed by atoms with Gasteiger partial charge in [-0.2, -0.15) is 0 Å². The lowest BCUT2D eigenvalue weighted by Crippen LogP contribution is -2.22. The summed E-state index contributed by atoms with van der Waals surface area (Å²) in [5.74, 6) is -0.245. The Bertz CT molecular complexity index is 566. The van der Waals surface area contributed by atoms with Gasteiger partial charge in [0.05, 0.1) is 0 Å². The maximum Gasteiger partial charge on any atom is 0.322 e. The fourth-order valence-corrected chi connectivity index (χ4v) is 2.04. The molecular formula is C13H13N3O3. The minimum Gasteiger partial charge on any atom is -0.326 e. The Morgan fingerprint density at radius 1 is 1.26 bits per heavy atom. The summed E-state index contributed by atoms with van der Waals surface area (Å²) in [6.07, 6.45) is 1.87. The van der Waals surface area contributed by atoms with E-state index in [1.165, 1.54) is 0 Å². The molecule has 0 aromatic heterocycles. The van der Waals surface area contributed by atoms with Crippen molar-refractivity contribution in [3.63, 3.8) is 0 Å². The Morgan fingerprint density at radius 2 is 2.05 bits per heavy atom. The third kappa shape index (κ3) is 2.42. The molecule has 1 aliphatic carbocycles. The van der Waals surface area contributed by atoms with Gasteiger partial charge in [-0.3, -0.25) is 14.9 Å². The van der Waals surface area contributed by atoms with E-state index in [1.807, 2.05) is 0 Å². The van der Waals surface area contributed by atoms with Crippen molar-refractivity contribution < 1.29 is 14.4 Å². The van der Waals surface area contributed by atoms with Gasteiger partial charge in [0.2, 0.25) is 5.91 Å². The van der Waals surface area contributed by atoms with E-state index in [0.29, 0.717) is 11.3 Å². The summed E-state index contributed by atoms with van der Waals surface area (Å²) >= 11 is 0. The molecule has 6 nitrogen and oxygen atoms in total. The predicted molar refractivity (Wildman–Crippen MR) is 67.2 cm³/mol. The van der Waals surface area contributed by atoms with Gasteiger partial charge in [-0.15, -0.1) is 0 Å². The number of imide groups is 1. The van der Waals surface area contributed by atoms with Crippen molar-refractivity contribution in [2.24, 2.45) is 5.92 Å². The number of urea groups is 1. The van der Waals surface area contributed by atoms with Crippen LogP contribution in [0.1, 0.15) is 24.4 Å². The summed E-state index contributed by atoms with van der Waals surface area (Å²) in [6, 6.07) is 5.76. The Kier molecular flexibility index (Phi) is 2.70. The first-order chi connectivity index (χ1) is 9.13. The van der Waals surface area contributed by atoms with Crippen molar-refractivity contribution in [1.82, 2.24) is 10.6 Å². The van der Waals surface area contributed by atoms with Gasteiger partial charge in [-0.25, -0.2) is 4.79 Å². The average Bonchev–Trinajstić information content (AvgIpc) is 3.16. The second kappa shape index (κ2) is 4.38. The van der Waals surface area contributed by atoms with E-state index < -0.39 is 12.1 Å². The van der Waals surface area contributed by atoms with Crippen LogP contribution in [0.25, 0.3) is 0 Å². The second-order valence-electron chi connectivity index (χ2n) is 4.78. The molecule has 1 heterocycles. The van der Waals surface area contributed by atoms with Crippen LogP contribution in [-0.2, 0) is 9.59 Å². The summed E-state index contributed by atoms with van der Waals surface area (Å²) in [7, 11) is 0. The molecule has 19 heavy (non-hydrogen) atoms. The summed E-state index contributed by atoms with van der Waals surface area (Å²) in [6.45, 7) is 0. The molecule has 1 saturated carbocycles. The van der Waals surface area contributed by atoms with Crippen molar-refractivity contribution in [3.05, 3.63) is 29.8 Å². The number of benzene rings is 1. The number of carbonyl (C=O) groups excluding carboxylic acids is 3. The van der Waals surface area contributed by atoms with Crippen LogP contribution in [-0.4, -0.2) is 17.8 Å². The van der Waals surface area contributed by atoms with Crippen molar-refractivity contribution >= 4 is 23.5 Å². The van der Waals surface area contributed by atoms with Crippen LogP contribution in [0.3, 0.4) is 0 Å². The molecule has 3 N–H and O–H groups in total. The van der Waals surface area contributed by atoms with Crippen molar-refractivity contribution in [1.29, 1.82) is 0 Å². The highest BCUT2D eigenvalue weighted by Crippen LogP contribution is 2.30. The van der Waals surface area contributed by atoms with Crippen molar-refractivity contribution in [2.75, 3.05) is 5.32 Å². The molecule has 6 heteroatoms. The molecule has 1 aliphatic heterocycles. The SMILES string of the molecule is O=C1NC(=O)C(c2cccc(NC(=O)C3CC3)c2)N1. The minimum atomic E-state index is -0.690. The lowest BCUT2D eigenvalue weighted by Gasteiger charge is -2.10. The second-order valence-corrected chi connectivity index (χ2v) is 4.78. The first-order valence-corrected chi connectivity index (χ1v) is 6.15. The van der Waals surface area contributed by atoms with Gasteiger partial charge < -0.3 is 10.6 Å². The highest BCUT2D eigenvalue weighted by atomic mass is 16.2. The molecule has 2 fully saturated rings. The molecule has 1 unspecified atom stereocenters. The molecule has 0 bridgehead atoms. The quantitative estimate of drug-likeness (QED) is 0.705. The number of hydrogen-bond acceptors (Lipinski definition) is 3. The number of carbonyl (C=O) groups is 3. The topological polar surface area (TPSA) is 87.3 Å². The van der Waals surface area contributed by atoms with Gasteiger partial charge in [0, 0.05) is 11.6 Å². The molecule has 98 valence electrons. The number of rotatable bonds is 3. The van der Waals surface area contributed by atoms with Crippen molar-refractivity contribution in [3.8, 4) is 0 Å². The van der Waals surface area contributed by atoms with Crippen LogP contribution < -0.4 is 16.0 Å². The molecular weight excluding hydrogens is 246 g/mol. The van der Waals surface area contributed by atoms with Gasteiger partial charge in [0.25, 0.3) is 5.91 Å². The largest absolute Gasteiger partial charge is 0.326 e. The molecule has 0 spiro atoms. The van der Waals surface area contributed by atoms with Crippen LogP contribution in [0.4, 0.5) is 10.5 Å². The normalized spacial score (nSPS) is 21.8. The number of anilines is 1. The zero-order chi connectivity index (χ0) is 13.4. The van der Waals surface area contributed by atoms with Gasteiger partial charge >= 0.3 is 6.03 Å². The fraction of sp³-hybridized carbons (Fsp3) is 0.308. The Balaban J connectivity index is 1.77. The number of nitrogens with one attached hydrogen (secondary N) is 3. The molecule has 3 rings (SSSR count). The molecule has 1 saturated heterocycles. The zero-order valence-corrected chi connectivity index (χ0v) is 10.1. The molecule has 2 aliphatic rings. The van der Waals surface area contributed by atoms with E-state index in [4.69, 9.17) is 0 Å². The maximum atomic E-state index is 11.7. The fourth-order valence-electron chi connectivity index (χ4n) is 2.04. The van der Waals surface area contributed by atoms with Crippen LogP contribution in [0.15, 0.2) is 24.3 Å². The van der Waals surface area contributed by atoms with Gasteiger partial charge in [-0.05, 0) is 30.5 Å². The van der Waals surface area contributed by atoms with E-state index in [0.717, 1.165) is 12.8 Å². The lowest BCUT2D eigenvalue weighted by atomic mass is 10.1. The number of hydrogen-bond donors (Lipinski definition) is 3. The summed E-state index contributed by atoms with van der Waals surface area (Å²) < 4.78 is 0. The minimum absolute atomic E-state index is 0.0112. The number of amides is 4. The highest BCUT2D eigenvalue weighted by Gasteiger charge is 2.32. The lowest BCUT2D eigenvalue weighted by molar-refractivity contribution is -0.120. The van der Waals surface area contributed by atoms with Gasteiger partial charge in [-0.1, -0.05) is 12.1 Å².